The van der Waals surface area contributed by atoms with E-state index in [1.165, 1.54) is 12.1 Å². The molecule has 1 fully saturated rings. The Hall–Kier alpha value is -1.62. The number of carbonyl (C=O) groups excluding carboxylic acids is 1. The molecule has 128 valence electrons. The molecule has 24 heavy (non-hydrogen) atoms. The van der Waals surface area contributed by atoms with Crippen molar-refractivity contribution in [2.45, 2.75) is 18.9 Å². The van der Waals surface area contributed by atoms with E-state index in [1.807, 2.05) is 30.3 Å². The van der Waals surface area contributed by atoms with Gasteiger partial charge in [-0.25, -0.2) is 4.39 Å². The highest BCUT2D eigenvalue weighted by atomic mass is 35.5. The van der Waals surface area contributed by atoms with Crippen LogP contribution in [0, 0.1) is 12.7 Å². The summed E-state index contributed by atoms with van der Waals surface area (Å²) in [6, 6.07) is 12.5. The van der Waals surface area contributed by atoms with E-state index in [0.29, 0.717) is 24.2 Å². The van der Waals surface area contributed by atoms with Gasteiger partial charge in [-0.15, -0.1) is 12.4 Å². The summed E-state index contributed by atoms with van der Waals surface area (Å²) in [6.45, 7) is 2.62. The normalized spacial score (nSPS) is 19.9. The topological polar surface area (TPSA) is 46.3 Å². The van der Waals surface area contributed by atoms with Crippen LogP contribution in [0.5, 0.6) is 0 Å². The molecule has 0 spiro atoms. The molecule has 3 rings (SSSR count). The summed E-state index contributed by atoms with van der Waals surface area (Å²) < 4.78 is 13.5. The number of carbonyl (C=O) groups is 1. The summed E-state index contributed by atoms with van der Waals surface area (Å²) >= 11 is 6.05. The van der Waals surface area contributed by atoms with Gasteiger partial charge in [0.25, 0.3) is 5.91 Å². The molecule has 2 atom stereocenters. The van der Waals surface area contributed by atoms with Crippen LogP contribution in [0.25, 0.3) is 0 Å². The largest absolute Gasteiger partial charge is 0.336 e. The molecular weight excluding hydrogens is 350 g/mol. The Morgan fingerprint density at radius 2 is 1.92 bits per heavy atom. The van der Waals surface area contributed by atoms with E-state index in [1.54, 1.807) is 11.8 Å². The molecule has 0 aliphatic carbocycles. The fourth-order valence-corrected chi connectivity index (χ4v) is 3.27. The number of aryl methyl sites for hydroxylation is 1. The molecule has 1 saturated heterocycles. The molecule has 2 aromatic carbocycles. The number of amides is 1. The molecule has 0 unspecified atom stereocenters. The van der Waals surface area contributed by atoms with Crippen molar-refractivity contribution in [3.63, 3.8) is 0 Å². The van der Waals surface area contributed by atoms with Gasteiger partial charge in [-0.2, -0.15) is 0 Å². The maximum Gasteiger partial charge on any atom is 0.255 e. The van der Waals surface area contributed by atoms with E-state index in [4.69, 9.17) is 17.3 Å². The highest BCUT2D eigenvalue weighted by Gasteiger charge is 2.34. The Bertz CT molecular complexity index is 739. The minimum Gasteiger partial charge on any atom is -0.336 e. The summed E-state index contributed by atoms with van der Waals surface area (Å²) in [5, 5.41) is 0.134. The molecule has 0 saturated carbocycles. The van der Waals surface area contributed by atoms with E-state index >= 15 is 0 Å². The van der Waals surface area contributed by atoms with Crippen LogP contribution in [0.1, 0.15) is 27.4 Å². The second-order valence-corrected chi connectivity index (χ2v) is 6.38. The lowest BCUT2D eigenvalue weighted by Crippen LogP contribution is -2.32. The zero-order valence-electron chi connectivity index (χ0n) is 13.2. The van der Waals surface area contributed by atoms with Crippen molar-refractivity contribution in [3.05, 3.63) is 70.0 Å². The fourth-order valence-electron chi connectivity index (χ4n) is 3.04. The molecule has 1 heterocycles. The van der Waals surface area contributed by atoms with Gasteiger partial charge in [-0.1, -0.05) is 41.9 Å². The van der Waals surface area contributed by atoms with Gasteiger partial charge in [-0.3, -0.25) is 4.79 Å². The summed E-state index contributed by atoms with van der Waals surface area (Å²) in [4.78, 5) is 14.4. The maximum atomic E-state index is 13.5. The third-order valence-corrected chi connectivity index (χ3v) is 4.67. The van der Waals surface area contributed by atoms with Gasteiger partial charge in [0, 0.05) is 25.0 Å². The first-order chi connectivity index (χ1) is 11.0. The molecule has 2 aromatic rings. The van der Waals surface area contributed by atoms with E-state index < -0.39 is 5.82 Å². The smallest absolute Gasteiger partial charge is 0.255 e. The minimum atomic E-state index is -0.410. The van der Waals surface area contributed by atoms with Gasteiger partial charge in [0.2, 0.25) is 0 Å². The molecule has 0 bridgehead atoms. The highest BCUT2D eigenvalue weighted by molar-refractivity contribution is 6.33. The van der Waals surface area contributed by atoms with Crippen LogP contribution in [-0.4, -0.2) is 29.9 Å². The number of halogens is 3. The van der Waals surface area contributed by atoms with E-state index in [2.05, 4.69) is 0 Å². The lowest BCUT2D eigenvalue weighted by Gasteiger charge is -2.18. The number of nitrogens with two attached hydrogens (primary N) is 1. The van der Waals surface area contributed by atoms with Crippen molar-refractivity contribution in [3.8, 4) is 0 Å². The second-order valence-electron chi connectivity index (χ2n) is 5.97. The molecule has 0 radical (unpaired) electrons. The van der Waals surface area contributed by atoms with Gasteiger partial charge < -0.3 is 10.6 Å². The highest BCUT2D eigenvalue weighted by Crippen LogP contribution is 2.29. The van der Waals surface area contributed by atoms with E-state index in [9.17, 15) is 9.18 Å². The number of hydrogen-bond donors (Lipinski definition) is 1. The van der Waals surface area contributed by atoms with Crippen LogP contribution >= 0.6 is 24.0 Å². The van der Waals surface area contributed by atoms with Crippen molar-refractivity contribution in [1.82, 2.24) is 4.90 Å². The first-order valence-corrected chi connectivity index (χ1v) is 7.90. The van der Waals surface area contributed by atoms with Crippen molar-refractivity contribution in [1.29, 1.82) is 0 Å². The Morgan fingerprint density at radius 1 is 1.25 bits per heavy atom. The number of benzene rings is 2. The zero-order valence-corrected chi connectivity index (χ0v) is 14.8. The van der Waals surface area contributed by atoms with E-state index in [0.717, 1.165) is 5.56 Å². The van der Waals surface area contributed by atoms with E-state index in [-0.39, 0.29) is 35.3 Å². The third-order valence-electron chi connectivity index (χ3n) is 4.36. The molecule has 3 nitrogen and oxygen atoms in total. The van der Waals surface area contributed by atoms with Gasteiger partial charge >= 0.3 is 0 Å². The molecule has 1 amide bonds. The quantitative estimate of drug-likeness (QED) is 0.876. The standard InChI is InChI=1S/C18H18ClFN2O.ClH/c1-11-7-13(15(19)8-16(11)20)18(23)22-9-14(17(21)10-22)12-5-3-2-4-6-12;/h2-8,14,17H,9-10,21H2,1H3;1H/t14-,17+;/m0./s1. The summed E-state index contributed by atoms with van der Waals surface area (Å²) in [7, 11) is 0. The van der Waals surface area contributed by atoms with Crippen LogP contribution in [0.3, 0.4) is 0 Å². The number of nitrogens with zero attached hydrogens (tertiary/aromatic N) is 1. The van der Waals surface area contributed by atoms with Crippen molar-refractivity contribution in [2.24, 2.45) is 5.73 Å². The third kappa shape index (κ3) is 3.56. The number of hydrogen-bond acceptors (Lipinski definition) is 2. The molecule has 1 aliphatic rings. The molecule has 0 aromatic heterocycles. The van der Waals surface area contributed by atoms with Crippen LogP contribution < -0.4 is 5.73 Å². The number of rotatable bonds is 2. The Labute approximate surface area is 152 Å². The molecular formula is C18H19Cl2FN2O. The Balaban J connectivity index is 0.00000208. The average Bonchev–Trinajstić information content (AvgIpc) is 2.93. The van der Waals surface area contributed by atoms with Crippen LogP contribution in [0.15, 0.2) is 42.5 Å². The predicted octanol–water partition coefficient (Wildman–Crippen LogP) is 3.78. The molecule has 2 N–H and O–H groups in total. The van der Waals surface area contributed by atoms with Gasteiger partial charge in [-0.05, 0) is 30.2 Å². The summed E-state index contributed by atoms with van der Waals surface area (Å²) in [6.07, 6.45) is 0. The first-order valence-electron chi connectivity index (χ1n) is 7.53. The van der Waals surface area contributed by atoms with Crippen molar-refractivity contribution in [2.75, 3.05) is 13.1 Å². The number of likely N-dealkylation sites (tertiary alicyclic amines) is 1. The lowest BCUT2D eigenvalue weighted by atomic mass is 9.95. The molecule has 6 heteroatoms. The average molecular weight is 369 g/mol. The van der Waals surface area contributed by atoms with Crippen molar-refractivity contribution >= 4 is 29.9 Å². The van der Waals surface area contributed by atoms with Crippen LogP contribution in [0.2, 0.25) is 5.02 Å². The zero-order chi connectivity index (χ0) is 16.6. The fraction of sp³-hybridized carbons (Fsp3) is 0.278. The predicted molar refractivity (Wildman–Crippen MR) is 96.5 cm³/mol. The van der Waals surface area contributed by atoms with Crippen LogP contribution in [0.4, 0.5) is 4.39 Å². The SMILES string of the molecule is Cc1cc(C(=O)N2C[C@@H](N)[C@H](c3ccccc3)C2)c(Cl)cc1F.Cl. The monoisotopic (exact) mass is 368 g/mol. The minimum absolute atomic E-state index is 0. The van der Waals surface area contributed by atoms with Gasteiger partial charge in [0.15, 0.2) is 0 Å². The maximum absolute atomic E-state index is 13.5. The Kier molecular flexibility index (Phi) is 5.86. The van der Waals surface area contributed by atoms with Crippen molar-refractivity contribution < 1.29 is 9.18 Å². The van der Waals surface area contributed by atoms with Gasteiger partial charge in [0.05, 0.1) is 10.6 Å². The Morgan fingerprint density at radius 3 is 2.58 bits per heavy atom. The summed E-state index contributed by atoms with van der Waals surface area (Å²) in [5.74, 6) is -0.515. The second kappa shape index (κ2) is 7.51. The lowest BCUT2D eigenvalue weighted by molar-refractivity contribution is 0.0789. The van der Waals surface area contributed by atoms with Gasteiger partial charge in [0.1, 0.15) is 5.82 Å². The van der Waals surface area contributed by atoms with Crippen LogP contribution in [-0.2, 0) is 0 Å². The summed E-state index contributed by atoms with van der Waals surface area (Å²) in [5.41, 5.74) is 8.07. The first kappa shape index (κ1) is 18.7. The molecule has 1 aliphatic heterocycles.